The molecule has 1 amide bonds. The Kier molecular flexibility index (Phi) is 6.57. The van der Waals surface area contributed by atoms with Crippen LogP contribution in [0.1, 0.15) is 55.3 Å². The topological polar surface area (TPSA) is 121 Å². The number of benzene rings is 2. The van der Waals surface area contributed by atoms with E-state index in [1.165, 1.54) is 18.9 Å². The summed E-state index contributed by atoms with van der Waals surface area (Å²) in [5, 5.41) is 12.9. The van der Waals surface area contributed by atoms with Crippen molar-refractivity contribution in [3.05, 3.63) is 48.2 Å². The van der Waals surface area contributed by atoms with Crippen LogP contribution in [-0.4, -0.2) is 51.8 Å². The normalized spacial score (nSPS) is 18.9. The number of fused-ring (bicyclic) bond motifs is 1. The third-order valence-corrected chi connectivity index (χ3v) is 9.63. The van der Waals surface area contributed by atoms with Crippen LogP contribution in [-0.2, 0) is 10.0 Å². The second-order valence-electron chi connectivity index (χ2n) is 10.7. The highest BCUT2D eigenvalue weighted by molar-refractivity contribution is 7.89. The molecule has 1 spiro atoms. The number of nitrogens with zero attached hydrogens (tertiary/aromatic N) is 1. The van der Waals surface area contributed by atoms with Crippen LogP contribution in [0.3, 0.4) is 0 Å². The Bertz CT molecular complexity index is 1450. The van der Waals surface area contributed by atoms with Crippen molar-refractivity contribution < 1.29 is 27.5 Å². The number of anilines is 2. The predicted molar refractivity (Wildman–Crippen MR) is 144 cm³/mol. The van der Waals surface area contributed by atoms with Crippen molar-refractivity contribution in [1.29, 1.82) is 0 Å². The van der Waals surface area contributed by atoms with Gasteiger partial charge in [-0.15, -0.1) is 0 Å². The average Bonchev–Trinajstić information content (AvgIpc) is 3.46. The monoisotopic (exact) mass is 539 g/mol. The number of hydrogen-bond donors (Lipinski definition) is 3. The molecular formula is C28H33N3O6S. The second kappa shape index (κ2) is 9.91. The number of nitrogens with one attached hydrogen (secondary N) is 2. The van der Waals surface area contributed by atoms with Crippen LogP contribution < -0.4 is 19.7 Å². The molecule has 1 aromatic heterocycles. The fourth-order valence-electron chi connectivity index (χ4n) is 5.37. The van der Waals surface area contributed by atoms with Gasteiger partial charge in [0, 0.05) is 36.8 Å². The van der Waals surface area contributed by atoms with Crippen LogP contribution in [0.15, 0.2) is 52.0 Å². The first kappa shape index (κ1) is 25.2. The first-order chi connectivity index (χ1) is 18.4. The molecule has 1 saturated heterocycles. The summed E-state index contributed by atoms with van der Waals surface area (Å²) in [6.07, 6.45) is 9.47. The summed E-state index contributed by atoms with van der Waals surface area (Å²) in [6, 6.07) is 10.1. The predicted octanol–water partition coefficient (Wildman–Crippen LogP) is 4.27. The van der Waals surface area contributed by atoms with E-state index in [1.54, 1.807) is 24.5 Å². The molecular weight excluding hydrogens is 506 g/mol. The fourth-order valence-corrected chi connectivity index (χ4v) is 6.41. The molecule has 9 nitrogen and oxygen atoms in total. The molecule has 0 radical (unpaired) electrons. The lowest BCUT2D eigenvalue weighted by atomic mass is 9.93. The van der Waals surface area contributed by atoms with E-state index in [1.807, 2.05) is 12.1 Å². The van der Waals surface area contributed by atoms with Gasteiger partial charge in [0.1, 0.15) is 0 Å². The van der Waals surface area contributed by atoms with Gasteiger partial charge in [-0.25, -0.2) is 13.1 Å². The summed E-state index contributed by atoms with van der Waals surface area (Å²) in [4.78, 5) is 15.8. The molecule has 2 aromatic carbocycles. The molecule has 10 heteroatoms. The lowest BCUT2D eigenvalue weighted by Crippen LogP contribution is -2.36. The van der Waals surface area contributed by atoms with E-state index in [2.05, 4.69) is 14.9 Å². The number of amides is 1. The minimum absolute atomic E-state index is 0.0696. The molecule has 3 N–H and O–H groups in total. The first-order valence-corrected chi connectivity index (χ1v) is 14.8. The molecule has 0 bridgehead atoms. The number of piperidine rings is 1. The molecule has 38 heavy (non-hydrogen) atoms. The third kappa shape index (κ3) is 5.00. The summed E-state index contributed by atoms with van der Waals surface area (Å²) in [7, 11) is -3.82. The third-order valence-electron chi connectivity index (χ3n) is 8.17. The SMILES string of the molecule is O=C(Nc1cc(OC2CCC2)c2occc2c1)c1ccc(S(=O)(=O)NCCO)cc1N1CCC2(CC1)CC2. The highest BCUT2D eigenvalue weighted by Gasteiger charge is 2.44. The molecule has 0 unspecified atom stereocenters. The quantitative estimate of drug-likeness (QED) is 0.371. The number of carbonyl (C=O) groups excluding carboxylic acids is 1. The number of carbonyl (C=O) groups is 1. The highest BCUT2D eigenvalue weighted by Crippen LogP contribution is 2.54. The van der Waals surface area contributed by atoms with E-state index in [-0.39, 0.29) is 30.1 Å². The van der Waals surface area contributed by atoms with Crippen LogP contribution in [0.25, 0.3) is 11.0 Å². The van der Waals surface area contributed by atoms with Gasteiger partial charge < -0.3 is 24.5 Å². The number of furan rings is 1. The van der Waals surface area contributed by atoms with Crippen LogP contribution in [0.4, 0.5) is 11.4 Å². The summed E-state index contributed by atoms with van der Waals surface area (Å²) < 4.78 is 39.8. The van der Waals surface area contributed by atoms with E-state index in [0.29, 0.717) is 33.7 Å². The molecule has 3 aliphatic rings. The van der Waals surface area contributed by atoms with E-state index >= 15 is 0 Å². The van der Waals surface area contributed by atoms with E-state index in [0.717, 1.165) is 50.6 Å². The fraction of sp³-hybridized carbons (Fsp3) is 0.464. The first-order valence-electron chi connectivity index (χ1n) is 13.3. The molecule has 2 heterocycles. The Morgan fingerprint density at radius 1 is 1.11 bits per heavy atom. The molecule has 2 aliphatic carbocycles. The molecule has 1 aliphatic heterocycles. The average molecular weight is 540 g/mol. The second-order valence-corrected chi connectivity index (χ2v) is 12.5. The highest BCUT2D eigenvalue weighted by atomic mass is 32.2. The Morgan fingerprint density at radius 2 is 1.89 bits per heavy atom. The molecule has 3 aromatic rings. The van der Waals surface area contributed by atoms with Gasteiger partial charge in [0.15, 0.2) is 11.3 Å². The van der Waals surface area contributed by atoms with Gasteiger partial charge in [-0.1, -0.05) is 0 Å². The van der Waals surface area contributed by atoms with E-state index in [4.69, 9.17) is 14.3 Å². The van der Waals surface area contributed by atoms with Gasteiger partial charge in [0.25, 0.3) is 5.91 Å². The van der Waals surface area contributed by atoms with Crippen LogP contribution in [0.2, 0.25) is 0 Å². The molecule has 6 rings (SSSR count). The lowest BCUT2D eigenvalue weighted by Gasteiger charge is -2.35. The van der Waals surface area contributed by atoms with Gasteiger partial charge in [0.2, 0.25) is 10.0 Å². The number of hydrogen-bond acceptors (Lipinski definition) is 7. The zero-order chi connectivity index (χ0) is 26.3. The van der Waals surface area contributed by atoms with Gasteiger partial charge in [0.05, 0.1) is 35.1 Å². The largest absolute Gasteiger partial charge is 0.486 e. The van der Waals surface area contributed by atoms with E-state index < -0.39 is 10.0 Å². The molecule has 202 valence electrons. The molecule has 2 saturated carbocycles. The number of rotatable bonds is 9. The Balaban J connectivity index is 1.30. The summed E-state index contributed by atoms with van der Waals surface area (Å²) in [5.74, 6) is 0.284. The van der Waals surface area contributed by atoms with Gasteiger partial charge >= 0.3 is 0 Å². The Morgan fingerprint density at radius 3 is 2.58 bits per heavy atom. The summed E-state index contributed by atoms with van der Waals surface area (Å²) >= 11 is 0. The molecule has 0 atom stereocenters. The van der Waals surface area contributed by atoms with Crippen molar-refractivity contribution in [3.63, 3.8) is 0 Å². The van der Waals surface area contributed by atoms with Crippen molar-refractivity contribution >= 4 is 38.3 Å². The zero-order valence-electron chi connectivity index (χ0n) is 21.2. The van der Waals surface area contributed by atoms with Gasteiger partial charge in [-0.3, -0.25) is 4.79 Å². The van der Waals surface area contributed by atoms with E-state index in [9.17, 15) is 13.2 Å². The summed E-state index contributed by atoms with van der Waals surface area (Å²) in [6.45, 7) is 1.17. The van der Waals surface area contributed by atoms with Gasteiger partial charge in [-0.05, 0) is 80.7 Å². The maximum Gasteiger partial charge on any atom is 0.257 e. The Labute approximate surface area is 222 Å². The minimum Gasteiger partial charge on any atom is -0.486 e. The maximum absolute atomic E-state index is 13.6. The summed E-state index contributed by atoms with van der Waals surface area (Å²) in [5.41, 5.74) is 2.68. The zero-order valence-corrected chi connectivity index (χ0v) is 22.1. The van der Waals surface area contributed by atoms with Crippen LogP contribution >= 0.6 is 0 Å². The van der Waals surface area contributed by atoms with Crippen molar-refractivity contribution in [1.82, 2.24) is 4.72 Å². The van der Waals surface area contributed by atoms with Crippen molar-refractivity contribution in [3.8, 4) is 5.75 Å². The lowest BCUT2D eigenvalue weighted by molar-refractivity contribution is 0.102. The number of aliphatic hydroxyl groups is 1. The minimum atomic E-state index is -3.82. The van der Waals surface area contributed by atoms with Crippen molar-refractivity contribution in [2.45, 2.75) is 55.9 Å². The Hall–Kier alpha value is -3.08. The van der Waals surface area contributed by atoms with Gasteiger partial charge in [-0.2, -0.15) is 0 Å². The standard InChI is InChI=1S/C28H33N3O6S/c32-14-11-29-38(34,35)22-4-5-23(24(18-22)31-12-9-28(7-8-28)10-13-31)27(33)30-20-16-19-6-15-36-26(19)25(17-20)37-21-2-1-3-21/h4-6,15-18,21,29,32H,1-3,7-14H2,(H,30,33). The van der Waals surface area contributed by atoms with Crippen LogP contribution in [0, 0.1) is 5.41 Å². The number of ether oxygens (including phenoxy) is 1. The number of aliphatic hydroxyl groups excluding tert-OH is 1. The smallest absolute Gasteiger partial charge is 0.257 e. The maximum atomic E-state index is 13.6. The van der Waals surface area contributed by atoms with Crippen molar-refractivity contribution in [2.75, 3.05) is 36.5 Å². The van der Waals surface area contributed by atoms with Crippen molar-refractivity contribution in [2.24, 2.45) is 5.41 Å². The number of sulfonamides is 1. The van der Waals surface area contributed by atoms with Crippen LogP contribution in [0.5, 0.6) is 5.75 Å². The molecule has 3 fully saturated rings.